The first-order valence-corrected chi connectivity index (χ1v) is 5.90. The van der Waals surface area contributed by atoms with Crippen molar-refractivity contribution in [1.29, 1.82) is 0 Å². The molecule has 0 aliphatic heterocycles. The Hall–Kier alpha value is -1.06. The predicted octanol–water partition coefficient (Wildman–Crippen LogP) is 1.56. The fraction of sp³-hybridized carbons (Fsp3) is 0.538. The van der Waals surface area contributed by atoms with Gasteiger partial charge in [0.25, 0.3) is 0 Å². The molecule has 1 unspecified atom stereocenters. The molecule has 0 spiro atoms. The molecule has 0 radical (unpaired) electrons. The van der Waals surface area contributed by atoms with E-state index in [9.17, 15) is 0 Å². The molecular weight excluding hydrogens is 200 g/mol. The third-order valence-electron chi connectivity index (χ3n) is 2.29. The maximum absolute atomic E-state index is 5.65. The zero-order valence-corrected chi connectivity index (χ0v) is 10.2. The number of ether oxygens (including phenoxy) is 1. The van der Waals surface area contributed by atoms with E-state index in [0.29, 0.717) is 0 Å². The highest BCUT2D eigenvalue weighted by Gasteiger charge is 1.96. The lowest BCUT2D eigenvalue weighted by Gasteiger charge is -2.08. The summed E-state index contributed by atoms with van der Waals surface area (Å²) in [5.74, 6) is 0.940. The van der Waals surface area contributed by atoms with Gasteiger partial charge in [-0.1, -0.05) is 12.1 Å². The maximum atomic E-state index is 5.65. The van der Waals surface area contributed by atoms with Crippen molar-refractivity contribution in [3.8, 4) is 5.75 Å². The van der Waals surface area contributed by atoms with Gasteiger partial charge < -0.3 is 15.8 Å². The molecule has 1 atom stereocenters. The molecule has 1 aromatic rings. The summed E-state index contributed by atoms with van der Waals surface area (Å²) >= 11 is 0. The highest BCUT2D eigenvalue weighted by Crippen LogP contribution is 2.12. The molecule has 0 bridgehead atoms. The normalized spacial score (nSPS) is 12.4. The first-order valence-electron chi connectivity index (χ1n) is 5.90. The quantitative estimate of drug-likeness (QED) is 0.688. The van der Waals surface area contributed by atoms with Crippen LogP contribution >= 0.6 is 0 Å². The lowest BCUT2D eigenvalue weighted by atomic mass is 10.1. The minimum absolute atomic E-state index is 0.223. The van der Waals surface area contributed by atoms with Crippen LogP contribution in [0.4, 0.5) is 0 Å². The van der Waals surface area contributed by atoms with E-state index in [0.717, 1.165) is 31.9 Å². The molecule has 16 heavy (non-hydrogen) atoms. The third kappa shape index (κ3) is 5.14. The van der Waals surface area contributed by atoms with Crippen molar-refractivity contribution in [3.05, 3.63) is 29.8 Å². The first kappa shape index (κ1) is 13.0. The molecule has 0 saturated heterocycles. The van der Waals surface area contributed by atoms with Gasteiger partial charge in [0.2, 0.25) is 0 Å². The van der Waals surface area contributed by atoms with Crippen molar-refractivity contribution < 1.29 is 4.74 Å². The van der Waals surface area contributed by atoms with Crippen molar-refractivity contribution in [1.82, 2.24) is 5.32 Å². The minimum atomic E-state index is 0.223. The van der Waals surface area contributed by atoms with Gasteiger partial charge in [0.1, 0.15) is 5.75 Å². The monoisotopic (exact) mass is 222 g/mol. The Morgan fingerprint density at radius 2 is 2.00 bits per heavy atom. The Bertz CT molecular complexity index is 282. The SMILES string of the molecule is CCOc1ccc(CCNCC(C)N)cc1. The summed E-state index contributed by atoms with van der Waals surface area (Å²) in [6.45, 7) is 6.55. The Morgan fingerprint density at radius 3 is 2.56 bits per heavy atom. The Balaban J connectivity index is 2.26. The van der Waals surface area contributed by atoms with Crippen LogP contribution < -0.4 is 15.8 Å². The summed E-state index contributed by atoms with van der Waals surface area (Å²) < 4.78 is 5.39. The molecule has 0 saturated carbocycles. The summed E-state index contributed by atoms with van der Waals surface area (Å²) in [4.78, 5) is 0. The predicted molar refractivity (Wildman–Crippen MR) is 67.8 cm³/mol. The summed E-state index contributed by atoms with van der Waals surface area (Å²) in [5.41, 5.74) is 6.97. The van der Waals surface area contributed by atoms with Crippen LogP contribution in [0.15, 0.2) is 24.3 Å². The molecule has 0 amide bonds. The molecule has 1 aromatic carbocycles. The van der Waals surface area contributed by atoms with Crippen molar-refractivity contribution in [2.45, 2.75) is 26.3 Å². The van der Waals surface area contributed by atoms with E-state index in [-0.39, 0.29) is 6.04 Å². The van der Waals surface area contributed by atoms with Gasteiger partial charge in [-0.25, -0.2) is 0 Å². The number of rotatable bonds is 7. The Morgan fingerprint density at radius 1 is 1.31 bits per heavy atom. The Kier molecular flexibility index (Phi) is 5.90. The van der Waals surface area contributed by atoms with Crippen molar-refractivity contribution >= 4 is 0 Å². The van der Waals surface area contributed by atoms with Gasteiger partial charge in [0.05, 0.1) is 6.61 Å². The zero-order valence-electron chi connectivity index (χ0n) is 10.2. The van der Waals surface area contributed by atoms with E-state index in [4.69, 9.17) is 10.5 Å². The minimum Gasteiger partial charge on any atom is -0.494 e. The second kappa shape index (κ2) is 7.25. The van der Waals surface area contributed by atoms with Gasteiger partial charge in [0, 0.05) is 12.6 Å². The number of hydrogen-bond donors (Lipinski definition) is 2. The largest absolute Gasteiger partial charge is 0.494 e. The van der Waals surface area contributed by atoms with E-state index in [2.05, 4.69) is 17.4 Å². The standard InChI is InChI=1S/C13H22N2O/c1-3-16-13-6-4-12(5-7-13)8-9-15-10-11(2)14/h4-7,11,15H,3,8-10,14H2,1-2H3. The number of nitrogens with one attached hydrogen (secondary N) is 1. The highest BCUT2D eigenvalue weighted by atomic mass is 16.5. The van der Waals surface area contributed by atoms with Crippen molar-refractivity contribution in [3.63, 3.8) is 0 Å². The maximum Gasteiger partial charge on any atom is 0.119 e. The van der Waals surface area contributed by atoms with Crippen LogP contribution in [0.2, 0.25) is 0 Å². The third-order valence-corrected chi connectivity index (χ3v) is 2.29. The van der Waals surface area contributed by atoms with Crippen molar-refractivity contribution in [2.75, 3.05) is 19.7 Å². The lowest BCUT2D eigenvalue weighted by Crippen LogP contribution is -2.32. The molecule has 1 rings (SSSR count). The average Bonchev–Trinajstić information content (AvgIpc) is 2.27. The molecule has 0 heterocycles. The molecule has 3 nitrogen and oxygen atoms in total. The second-order valence-corrected chi connectivity index (χ2v) is 4.01. The van der Waals surface area contributed by atoms with Crippen LogP contribution in [0.1, 0.15) is 19.4 Å². The number of benzene rings is 1. The van der Waals surface area contributed by atoms with Crippen LogP contribution in [0.5, 0.6) is 5.75 Å². The molecular formula is C13H22N2O. The fourth-order valence-corrected chi connectivity index (χ4v) is 1.48. The number of nitrogens with two attached hydrogens (primary N) is 1. The van der Waals surface area contributed by atoms with Gasteiger partial charge in [-0.05, 0) is 44.5 Å². The second-order valence-electron chi connectivity index (χ2n) is 4.01. The fourth-order valence-electron chi connectivity index (χ4n) is 1.48. The van der Waals surface area contributed by atoms with Crippen LogP contribution in [-0.2, 0) is 6.42 Å². The van der Waals surface area contributed by atoms with Crippen molar-refractivity contribution in [2.24, 2.45) is 5.73 Å². The summed E-state index contributed by atoms with van der Waals surface area (Å²) in [6.07, 6.45) is 1.03. The van der Waals surface area contributed by atoms with Crippen LogP contribution in [0.25, 0.3) is 0 Å². The van der Waals surface area contributed by atoms with E-state index in [1.807, 2.05) is 26.0 Å². The zero-order chi connectivity index (χ0) is 11.8. The van der Waals surface area contributed by atoms with Gasteiger partial charge in [-0.2, -0.15) is 0 Å². The van der Waals surface area contributed by atoms with E-state index >= 15 is 0 Å². The summed E-state index contributed by atoms with van der Waals surface area (Å²) in [5, 5.41) is 3.32. The molecule has 0 fully saturated rings. The molecule has 3 N–H and O–H groups in total. The molecule has 0 aliphatic carbocycles. The van der Waals surface area contributed by atoms with E-state index in [1.165, 1.54) is 5.56 Å². The topological polar surface area (TPSA) is 47.3 Å². The van der Waals surface area contributed by atoms with Gasteiger partial charge in [-0.15, -0.1) is 0 Å². The smallest absolute Gasteiger partial charge is 0.119 e. The average molecular weight is 222 g/mol. The molecule has 0 aromatic heterocycles. The van der Waals surface area contributed by atoms with Crippen LogP contribution in [0, 0.1) is 0 Å². The number of hydrogen-bond acceptors (Lipinski definition) is 3. The van der Waals surface area contributed by atoms with Gasteiger partial charge >= 0.3 is 0 Å². The van der Waals surface area contributed by atoms with Gasteiger partial charge in [-0.3, -0.25) is 0 Å². The highest BCUT2D eigenvalue weighted by molar-refractivity contribution is 5.27. The van der Waals surface area contributed by atoms with E-state index < -0.39 is 0 Å². The molecule has 0 aliphatic rings. The van der Waals surface area contributed by atoms with E-state index in [1.54, 1.807) is 0 Å². The first-order chi connectivity index (χ1) is 7.72. The summed E-state index contributed by atoms with van der Waals surface area (Å²) in [7, 11) is 0. The Labute approximate surface area is 98.0 Å². The van der Waals surface area contributed by atoms with Crippen LogP contribution in [-0.4, -0.2) is 25.7 Å². The molecule has 90 valence electrons. The summed E-state index contributed by atoms with van der Waals surface area (Å²) in [6, 6.07) is 8.48. The molecule has 3 heteroatoms. The van der Waals surface area contributed by atoms with Crippen LogP contribution in [0.3, 0.4) is 0 Å². The van der Waals surface area contributed by atoms with Gasteiger partial charge in [0.15, 0.2) is 0 Å². The lowest BCUT2D eigenvalue weighted by molar-refractivity contribution is 0.340.